The minimum absolute atomic E-state index is 0.398. The zero-order chi connectivity index (χ0) is 12.4. The molecule has 1 aliphatic rings. The van der Waals surface area contributed by atoms with Crippen LogP contribution in [-0.4, -0.2) is 31.8 Å². The highest BCUT2D eigenvalue weighted by atomic mass is 15.6. The Kier molecular flexibility index (Phi) is 2.85. The van der Waals surface area contributed by atoms with Crippen LogP contribution in [0.2, 0.25) is 0 Å². The van der Waals surface area contributed by atoms with Crippen LogP contribution in [-0.2, 0) is 0 Å². The summed E-state index contributed by atoms with van der Waals surface area (Å²) in [6.45, 7) is 3.32. The molecule has 6 nitrogen and oxygen atoms in total. The third-order valence-corrected chi connectivity index (χ3v) is 3.83. The maximum Gasteiger partial charge on any atom is 0.200 e. The molecule has 1 saturated carbocycles. The Hall–Kier alpha value is -1.72. The number of nitrogens with zero attached hydrogens (tertiary/aromatic N) is 5. The smallest absolute Gasteiger partial charge is 0.200 e. The number of fused-ring (bicyclic) bond motifs is 1. The third-order valence-electron chi connectivity index (χ3n) is 3.83. The molecule has 2 aromatic heterocycles. The number of aromatic nitrogens is 5. The molecule has 0 saturated heterocycles. The molecule has 2 heterocycles. The highest BCUT2D eigenvalue weighted by Crippen LogP contribution is 2.35. The average Bonchev–Trinajstić information content (AvgIpc) is 2.85. The molecular formula is C12H18N6. The van der Waals surface area contributed by atoms with E-state index in [4.69, 9.17) is 0 Å². The maximum atomic E-state index is 4.32. The first kappa shape index (κ1) is 11.4. The lowest BCUT2D eigenvalue weighted by atomic mass is 9.76. The van der Waals surface area contributed by atoms with Gasteiger partial charge in [0, 0.05) is 6.54 Å². The Bertz CT molecular complexity index is 528. The molecule has 1 N–H and O–H groups in total. The molecule has 6 heteroatoms. The topological polar surface area (TPSA) is 68.0 Å². The summed E-state index contributed by atoms with van der Waals surface area (Å²) in [4.78, 5) is 0. The van der Waals surface area contributed by atoms with Crippen molar-refractivity contribution in [1.29, 1.82) is 0 Å². The van der Waals surface area contributed by atoms with Crippen LogP contribution in [0.4, 0.5) is 5.82 Å². The van der Waals surface area contributed by atoms with E-state index in [2.05, 4.69) is 32.9 Å². The first-order valence-electron chi connectivity index (χ1n) is 6.55. The predicted molar refractivity (Wildman–Crippen MR) is 68.3 cm³/mol. The summed E-state index contributed by atoms with van der Waals surface area (Å²) >= 11 is 0. The van der Waals surface area contributed by atoms with Crippen molar-refractivity contribution in [2.24, 2.45) is 5.41 Å². The predicted octanol–water partition coefficient (Wildman–Crippen LogP) is 1.90. The van der Waals surface area contributed by atoms with Crippen molar-refractivity contribution in [3.63, 3.8) is 0 Å². The lowest BCUT2D eigenvalue weighted by Gasteiger charge is -2.33. The highest BCUT2D eigenvalue weighted by molar-refractivity contribution is 5.42. The van der Waals surface area contributed by atoms with Crippen LogP contribution >= 0.6 is 0 Å². The molecule has 0 unspecified atom stereocenters. The maximum absolute atomic E-state index is 4.32. The minimum atomic E-state index is 0.398. The lowest BCUT2D eigenvalue weighted by Crippen LogP contribution is -2.29. The van der Waals surface area contributed by atoms with Gasteiger partial charge in [-0.05, 0) is 40.8 Å². The van der Waals surface area contributed by atoms with Gasteiger partial charge in [0.15, 0.2) is 5.65 Å². The van der Waals surface area contributed by atoms with Crippen LogP contribution in [0.1, 0.15) is 39.0 Å². The third kappa shape index (κ3) is 2.27. The quantitative estimate of drug-likeness (QED) is 0.895. The molecule has 1 aliphatic carbocycles. The van der Waals surface area contributed by atoms with Crippen LogP contribution in [0.15, 0.2) is 12.1 Å². The molecule has 0 spiro atoms. The van der Waals surface area contributed by atoms with Crippen molar-refractivity contribution in [3.05, 3.63) is 12.1 Å². The fourth-order valence-electron chi connectivity index (χ4n) is 2.63. The van der Waals surface area contributed by atoms with E-state index >= 15 is 0 Å². The minimum Gasteiger partial charge on any atom is -0.368 e. The van der Waals surface area contributed by atoms with Crippen molar-refractivity contribution in [3.8, 4) is 0 Å². The second-order valence-electron chi connectivity index (χ2n) is 5.47. The summed E-state index contributed by atoms with van der Waals surface area (Å²) in [6.07, 6.45) is 6.67. The average molecular weight is 246 g/mol. The largest absolute Gasteiger partial charge is 0.368 e. The van der Waals surface area contributed by atoms with Crippen molar-refractivity contribution in [2.45, 2.75) is 39.0 Å². The Labute approximate surface area is 106 Å². The molecule has 3 rings (SSSR count). The first-order chi connectivity index (χ1) is 8.75. The van der Waals surface area contributed by atoms with Gasteiger partial charge in [0.25, 0.3) is 0 Å². The van der Waals surface area contributed by atoms with Gasteiger partial charge in [0.1, 0.15) is 5.82 Å². The monoisotopic (exact) mass is 246 g/mol. The van der Waals surface area contributed by atoms with Gasteiger partial charge in [-0.15, -0.1) is 14.8 Å². The number of anilines is 1. The van der Waals surface area contributed by atoms with Crippen molar-refractivity contribution in [2.75, 3.05) is 11.9 Å². The zero-order valence-corrected chi connectivity index (χ0v) is 10.6. The van der Waals surface area contributed by atoms with E-state index in [9.17, 15) is 0 Å². The Balaban J connectivity index is 1.68. The van der Waals surface area contributed by atoms with Gasteiger partial charge in [-0.25, -0.2) is 0 Å². The molecule has 0 aliphatic heterocycles. The van der Waals surface area contributed by atoms with Gasteiger partial charge in [-0.3, -0.25) is 0 Å². The van der Waals surface area contributed by atoms with E-state index in [0.717, 1.165) is 12.4 Å². The molecule has 0 aromatic carbocycles. The summed E-state index contributed by atoms with van der Waals surface area (Å²) < 4.78 is 1.45. The summed E-state index contributed by atoms with van der Waals surface area (Å²) in [7, 11) is 0. The molecule has 18 heavy (non-hydrogen) atoms. The number of hydrogen-bond acceptors (Lipinski definition) is 5. The van der Waals surface area contributed by atoms with Gasteiger partial charge in [0.05, 0.1) is 0 Å². The molecule has 0 atom stereocenters. The van der Waals surface area contributed by atoms with E-state index in [1.165, 1.54) is 36.7 Å². The second-order valence-corrected chi connectivity index (χ2v) is 5.47. The standard InChI is InChI=1S/C12H18N6/c1-12(7-3-2-4-8-12)9-13-10-5-6-11-14-16-17-18(11)15-10/h5-6H,2-4,7-9H2,1H3,(H,13,15). The molecule has 96 valence electrons. The fraction of sp³-hybridized carbons (Fsp3) is 0.667. The van der Waals surface area contributed by atoms with Crippen LogP contribution < -0.4 is 5.32 Å². The summed E-state index contributed by atoms with van der Waals surface area (Å²) in [5.41, 5.74) is 1.07. The Morgan fingerprint density at radius 2 is 2.11 bits per heavy atom. The van der Waals surface area contributed by atoms with Crippen LogP contribution in [0, 0.1) is 5.41 Å². The fourth-order valence-corrected chi connectivity index (χ4v) is 2.63. The van der Waals surface area contributed by atoms with Gasteiger partial charge in [-0.1, -0.05) is 26.2 Å². The number of hydrogen-bond donors (Lipinski definition) is 1. The first-order valence-corrected chi connectivity index (χ1v) is 6.55. The van der Waals surface area contributed by atoms with E-state index in [-0.39, 0.29) is 0 Å². The molecular weight excluding hydrogens is 228 g/mol. The van der Waals surface area contributed by atoms with Crippen molar-refractivity contribution >= 4 is 11.5 Å². The van der Waals surface area contributed by atoms with Crippen LogP contribution in [0.5, 0.6) is 0 Å². The van der Waals surface area contributed by atoms with E-state index in [1.807, 2.05) is 12.1 Å². The molecule has 2 aromatic rings. The highest BCUT2D eigenvalue weighted by Gasteiger charge is 2.26. The second kappa shape index (κ2) is 4.51. The normalized spacial score (nSPS) is 18.9. The van der Waals surface area contributed by atoms with E-state index in [0.29, 0.717) is 11.1 Å². The summed E-state index contributed by atoms with van der Waals surface area (Å²) in [6, 6.07) is 3.80. The zero-order valence-electron chi connectivity index (χ0n) is 10.6. The van der Waals surface area contributed by atoms with E-state index in [1.54, 1.807) is 0 Å². The number of tetrazole rings is 1. The molecule has 0 amide bonds. The van der Waals surface area contributed by atoms with Crippen LogP contribution in [0.3, 0.4) is 0 Å². The van der Waals surface area contributed by atoms with Crippen molar-refractivity contribution < 1.29 is 0 Å². The van der Waals surface area contributed by atoms with Gasteiger partial charge in [0.2, 0.25) is 0 Å². The Morgan fingerprint density at radius 1 is 1.28 bits per heavy atom. The van der Waals surface area contributed by atoms with E-state index < -0.39 is 0 Å². The van der Waals surface area contributed by atoms with Crippen molar-refractivity contribution in [1.82, 2.24) is 25.3 Å². The number of nitrogens with one attached hydrogen (secondary N) is 1. The Morgan fingerprint density at radius 3 is 2.94 bits per heavy atom. The number of rotatable bonds is 3. The molecule has 1 fully saturated rings. The SMILES string of the molecule is CC1(CNc2ccc3nnnn3n2)CCCCC1. The van der Waals surface area contributed by atoms with Gasteiger partial charge >= 0.3 is 0 Å². The summed E-state index contributed by atoms with van der Waals surface area (Å²) in [5.74, 6) is 0.835. The van der Waals surface area contributed by atoms with Gasteiger partial charge in [-0.2, -0.15) is 0 Å². The van der Waals surface area contributed by atoms with Crippen LogP contribution in [0.25, 0.3) is 5.65 Å². The molecule has 0 bridgehead atoms. The summed E-state index contributed by atoms with van der Waals surface area (Å²) in [5, 5.41) is 18.9. The molecule has 0 radical (unpaired) electrons. The van der Waals surface area contributed by atoms with Gasteiger partial charge < -0.3 is 5.32 Å². The lowest BCUT2D eigenvalue weighted by molar-refractivity contribution is 0.233.